The van der Waals surface area contributed by atoms with E-state index in [1.165, 1.54) is 0 Å². The van der Waals surface area contributed by atoms with Crippen LogP contribution < -0.4 is 0 Å². The van der Waals surface area contributed by atoms with Gasteiger partial charge in [0, 0.05) is 0 Å². The summed E-state index contributed by atoms with van der Waals surface area (Å²) in [5.41, 5.74) is -1.15. The first-order valence-electron chi connectivity index (χ1n) is 9.68. The fourth-order valence-corrected chi connectivity index (χ4v) is 4.66. The van der Waals surface area contributed by atoms with Gasteiger partial charge >= 0.3 is 7.82 Å². The largest absolute Gasteiger partial charge is 0.470 e. The van der Waals surface area contributed by atoms with Gasteiger partial charge in [-0.15, -0.1) is 0 Å². The Morgan fingerprint density at radius 2 is 1.29 bits per heavy atom. The third kappa shape index (κ3) is 7.97. The molecular formula is C18H39O5P. The van der Waals surface area contributed by atoms with E-state index in [0.717, 1.165) is 64.2 Å². The molecule has 0 fully saturated rings. The number of hydrogen-bond donors (Lipinski definition) is 3. The molecule has 3 N–H and O–H groups in total. The predicted molar refractivity (Wildman–Crippen MR) is 98.8 cm³/mol. The van der Waals surface area contributed by atoms with Crippen LogP contribution in [0.2, 0.25) is 0 Å². The Labute approximate surface area is 148 Å². The van der Waals surface area contributed by atoms with Gasteiger partial charge in [-0.2, -0.15) is 0 Å². The van der Waals surface area contributed by atoms with Crippen LogP contribution in [-0.4, -0.2) is 27.1 Å². The minimum absolute atomic E-state index is 0.0479. The van der Waals surface area contributed by atoms with Gasteiger partial charge in [0.25, 0.3) is 0 Å². The van der Waals surface area contributed by atoms with Gasteiger partial charge in [0.15, 0.2) is 0 Å². The molecule has 146 valence electrons. The Bertz CT molecular complexity index is 337. The first kappa shape index (κ1) is 24.1. The van der Waals surface area contributed by atoms with E-state index in [4.69, 9.17) is 4.52 Å². The molecule has 0 aromatic heterocycles. The molecule has 0 saturated heterocycles. The Balaban J connectivity index is 5.51. The summed E-state index contributed by atoms with van der Waals surface area (Å²) in [6, 6.07) is 0. The Hall–Kier alpha value is 0.0700. The lowest BCUT2D eigenvalue weighted by molar-refractivity contribution is -0.105. The van der Waals surface area contributed by atoms with Crippen molar-refractivity contribution in [2.45, 2.75) is 97.5 Å². The summed E-state index contributed by atoms with van der Waals surface area (Å²) in [6.45, 7) is 7.96. The summed E-state index contributed by atoms with van der Waals surface area (Å²) in [6.07, 6.45) is 9.49. The third-order valence-corrected chi connectivity index (χ3v) is 5.79. The lowest BCUT2D eigenvalue weighted by Crippen LogP contribution is -2.50. The SMILES string of the molecule is CCCCCC(CC)C(CO)(OP(=O)(O)O)C(CC)CCCCC. The van der Waals surface area contributed by atoms with Crippen LogP contribution in [0.4, 0.5) is 0 Å². The fourth-order valence-electron chi connectivity index (χ4n) is 3.86. The first-order chi connectivity index (χ1) is 11.3. The molecule has 0 aliphatic carbocycles. The summed E-state index contributed by atoms with van der Waals surface area (Å²) in [4.78, 5) is 19.0. The van der Waals surface area contributed by atoms with Crippen LogP contribution >= 0.6 is 7.82 Å². The second-order valence-corrected chi connectivity index (χ2v) is 8.06. The molecule has 24 heavy (non-hydrogen) atoms. The van der Waals surface area contributed by atoms with Gasteiger partial charge in [-0.05, 0) is 24.7 Å². The molecule has 6 heteroatoms. The number of hydrogen-bond acceptors (Lipinski definition) is 3. The van der Waals surface area contributed by atoms with Crippen molar-refractivity contribution in [2.24, 2.45) is 11.8 Å². The minimum Gasteiger partial charge on any atom is -0.393 e. The minimum atomic E-state index is -4.68. The van der Waals surface area contributed by atoms with E-state index in [1.807, 2.05) is 13.8 Å². The number of phosphoric acid groups is 1. The Morgan fingerprint density at radius 3 is 1.54 bits per heavy atom. The van der Waals surface area contributed by atoms with Crippen LogP contribution in [0.25, 0.3) is 0 Å². The monoisotopic (exact) mass is 366 g/mol. The van der Waals surface area contributed by atoms with E-state index >= 15 is 0 Å². The van der Waals surface area contributed by atoms with E-state index in [0.29, 0.717) is 0 Å². The zero-order valence-electron chi connectivity index (χ0n) is 16.0. The van der Waals surface area contributed by atoms with Crippen LogP contribution in [-0.2, 0) is 9.09 Å². The molecule has 0 heterocycles. The third-order valence-electron chi connectivity index (χ3n) is 5.22. The van der Waals surface area contributed by atoms with Crippen molar-refractivity contribution in [3.05, 3.63) is 0 Å². The highest BCUT2D eigenvalue weighted by Crippen LogP contribution is 2.50. The number of phosphoric ester groups is 1. The quantitative estimate of drug-likeness (QED) is 0.279. The standard InChI is InChI=1S/C18H39O5P/c1-5-9-11-13-16(7-3)18(15-19,23-24(20,21)22)17(8-4)14-12-10-6-2/h16-17,19H,5-15H2,1-4H3,(H2,20,21,22). The van der Waals surface area contributed by atoms with E-state index in [-0.39, 0.29) is 18.4 Å². The molecule has 0 radical (unpaired) electrons. The average molecular weight is 366 g/mol. The van der Waals surface area contributed by atoms with Crippen molar-refractivity contribution < 1.29 is 24.0 Å². The molecule has 2 unspecified atom stereocenters. The van der Waals surface area contributed by atoms with Crippen LogP contribution in [0.3, 0.4) is 0 Å². The van der Waals surface area contributed by atoms with E-state index in [1.54, 1.807) is 0 Å². The number of aliphatic hydroxyl groups excluding tert-OH is 1. The van der Waals surface area contributed by atoms with Crippen molar-refractivity contribution >= 4 is 7.82 Å². The van der Waals surface area contributed by atoms with Gasteiger partial charge in [0.1, 0.15) is 5.60 Å². The molecule has 0 bridgehead atoms. The van der Waals surface area contributed by atoms with Crippen LogP contribution in [0, 0.1) is 11.8 Å². The predicted octanol–water partition coefficient (Wildman–Crippen LogP) is 5.04. The Kier molecular flexibility index (Phi) is 12.5. The maximum atomic E-state index is 11.7. The molecule has 0 amide bonds. The van der Waals surface area contributed by atoms with Crippen molar-refractivity contribution in [1.29, 1.82) is 0 Å². The second kappa shape index (κ2) is 12.4. The van der Waals surface area contributed by atoms with Crippen molar-refractivity contribution in [1.82, 2.24) is 0 Å². The summed E-state index contributed by atoms with van der Waals surface area (Å²) in [5.74, 6) is -0.0958. The lowest BCUT2D eigenvalue weighted by Gasteiger charge is -2.44. The smallest absolute Gasteiger partial charge is 0.393 e. The highest BCUT2D eigenvalue weighted by molar-refractivity contribution is 7.46. The van der Waals surface area contributed by atoms with Gasteiger partial charge in [-0.25, -0.2) is 4.57 Å². The summed E-state index contributed by atoms with van der Waals surface area (Å²) in [5, 5.41) is 10.2. The average Bonchev–Trinajstić information content (AvgIpc) is 2.53. The van der Waals surface area contributed by atoms with Crippen molar-refractivity contribution in [2.75, 3.05) is 6.61 Å². The lowest BCUT2D eigenvalue weighted by atomic mass is 9.71. The molecular weight excluding hydrogens is 327 g/mol. The number of rotatable bonds is 15. The molecule has 0 spiro atoms. The van der Waals surface area contributed by atoms with Crippen LogP contribution in [0.1, 0.15) is 91.9 Å². The summed E-state index contributed by atoms with van der Waals surface area (Å²) >= 11 is 0. The van der Waals surface area contributed by atoms with Crippen LogP contribution in [0.15, 0.2) is 0 Å². The molecule has 0 aliphatic heterocycles. The zero-order chi connectivity index (χ0) is 18.6. The second-order valence-electron chi connectivity index (χ2n) is 6.90. The molecule has 5 nitrogen and oxygen atoms in total. The summed E-state index contributed by atoms with van der Waals surface area (Å²) < 4.78 is 17.0. The van der Waals surface area contributed by atoms with Gasteiger partial charge in [0.2, 0.25) is 0 Å². The molecule has 0 aromatic carbocycles. The molecule has 0 aromatic rings. The Morgan fingerprint density at radius 1 is 0.875 bits per heavy atom. The van der Waals surface area contributed by atoms with Gasteiger partial charge in [-0.3, -0.25) is 4.52 Å². The molecule has 0 rings (SSSR count). The molecule has 0 aliphatic rings. The zero-order valence-corrected chi connectivity index (χ0v) is 16.9. The van der Waals surface area contributed by atoms with Crippen molar-refractivity contribution in [3.63, 3.8) is 0 Å². The van der Waals surface area contributed by atoms with Crippen LogP contribution in [0.5, 0.6) is 0 Å². The van der Waals surface area contributed by atoms with Crippen molar-refractivity contribution in [3.8, 4) is 0 Å². The normalized spacial score (nSPS) is 17.5. The highest BCUT2D eigenvalue weighted by Gasteiger charge is 2.48. The maximum Gasteiger partial charge on any atom is 0.470 e. The topological polar surface area (TPSA) is 87.0 Å². The number of aliphatic hydroxyl groups is 1. The molecule has 0 saturated carbocycles. The van der Waals surface area contributed by atoms with Gasteiger partial charge < -0.3 is 14.9 Å². The summed E-state index contributed by atoms with van der Waals surface area (Å²) in [7, 11) is -4.68. The van der Waals surface area contributed by atoms with Gasteiger partial charge in [0.05, 0.1) is 6.61 Å². The maximum absolute atomic E-state index is 11.7. The fraction of sp³-hybridized carbons (Fsp3) is 1.00. The molecule has 2 atom stereocenters. The first-order valence-corrected chi connectivity index (χ1v) is 11.2. The van der Waals surface area contributed by atoms with E-state index < -0.39 is 13.4 Å². The van der Waals surface area contributed by atoms with Gasteiger partial charge in [-0.1, -0.05) is 79.1 Å². The number of unbranched alkanes of at least 4 members (excludes halogenated alkanes) is 4. The highest BCUT2D eigenvalue weighted by atomic mass is 31.2. The van der Waals surface area contributed by atoms with E-state index in [9.17, 15) is 19.5 Å². The van der Waals surface area contributed by atoms with E-state index in [2.05, 4.69) is 13.8 Å².